The SMILES string of the molecule is CCCNCc1cc(Cl)ccc1OCc1ccccc1F.Cl. The second-order valence-corrected chi connectivity index (χ2v) is 5.25. The Labute approximate surface area is 142 Å². The number of hydrogen-bond acceptors (Lipinski definition) is 2. The van der Waals surface area contributed by atoms with E-state index < -0.39 is 0 Å². The van der Waals surface area contributed by atoms with Crippen LogP contribution in [0.5, 0.6) is 5.75 Å². The van der Waals surface area contributed by atoms with Crippen molar-refractivity contribution in [1.29, 1.82) is 0 Å². The van der Waals surface area contributed by atoms with Crippen molar-refractivity contribution in [2.75, 3.05) is 6.54 Å². The van der Waals surface area contributed by atoms with Crippen molar-refractivity contribution in [3.63, 3.8) is 0 Å². The van der Waals surface area contributed by atoms with E-state index in [0.717, 1.165) is 24.3 Å². The molecule has 2 rings (SSSR count). The molecule has 2 aromatic carbocycles. The third kappa shape index (κ3) is 5.48. The van der Waals surface area contributed by atoms with Gasteiger partial charge >= 0.3 is 0 Å². The summed E-state index contributed by atoms with van der Waals surface area (Å²) >= 11 is 6.03. The molecule has 0 unspecified atom stereocenters. The van der Waals surface area contributed by atoms with Crippen molar-refractivity contribution in [1.82, 2.24) is 5.32 Å². The topological polar surface area (TPSA) is 21.3 Å². The minimum atomic E-state index is -0.253. The van der Waals surface area contributed by atoms with E-state index in [1.807, 2.05) is 12.1 Å². The molecule has 0 aliphatic heterocycles. The molecule has 120 valence electrons. The van der Waals surface area contributed by atoms with Crippen LogP contribution in [0.4, 0.5) is 4.39 Å². The van der Waals surface area contributed by atoms with Crippen LogP contribution in [0.3, 0.4) is 0 Å². The molecular weight excluding hydrogens is 324 g/mol. The second kappa shape index (κ2) is 9.67. The van der Waals surface area contributed by atoms with Gasteiger partial charge in [-0.05, 0) is 37.2 Å². The Morgan fingerprint density at radius 2 is 1.91 bits per heavy atom. The van der Waals surface area contributed by atoms with E-state index >= 15 is 0 Å². The molecule has 0 fully saturated rings. The molecule has 2 nitrogen and oxygen atoms in total. The van der Waals surface area contributed by atoms with Gasteiger partial charge in [0.2, 0.25) is 0 Å². The van der Waals surface area contributed by atoms with Gasteiger partial charge in [0.1, 0.15) is 18.2 Å². The van der Waals surface area contributed by atoms with E-state index in [1.165, 1.54) is 6.07 Å². The maximum atomic E-state index is 13.6. The third-order valence-electron chi connectivity index (χ3n) is 3.11. The fraction of sp³-hybridized carbons (Fsp3) is 0.294. The summed E-state index contributed by atoms with van der Waals surface area (Å²) in [6.07, 6.45) is 1.06. The van der Waals surface area contributed by atoms with E-state index in [2.05, 4.69) is 12.2 Å². The Hall–Kier alpha value is -1.29. The molecule has 0 spiro atoms. The number of benzene rings is 2. The lowest BCUT2D eigenvalue weighted by Crippen LogP contribution is -2.14. The smallest absolute Gasteiger partial charge is 0.129 e. The molecule has 1 N–H and O–H groups in total. The molecule has 22 heavy (non-hydrogen) atoms. The van der Waals surface area contributed by atoms with Crippen molar-refractivity contribution < 1.29 is 9.13 Å². The number of hydrogen-bond donors (Lipinski definition) is 1. The zero-order valence-corrected chi connectivity index (χ0v) is 14.0. The van der Waals surface area contributed by atoms with Crippen LogP contribution in [0.1, 0.15) is 24.5 Å². The van der Waals surface area contributed by atoms with Gasteiger partial charge < -0.3 is 10.1 Å². The summed E-state index contributed by atoms with van der Waals surface area (Å²) in [6.45, 7) is 3.93. The molecule has 0 radical (unpaired) electrons. The predicted molar refractivity (Wildman–Crippen MR) is 91.4 cm³/mol. The molecule has 0 aliphatic rings. The van der Waals surface area contributed by atoms with E-state index in [9.17, 15) is 4.39 Å². The lowest BCUT2D eigenvalue weighted by Gasteiger charge is -2.13. The average Bonchev–Trinajstić information content (AvgIpc) is 2.48. The standard InChI is InChI=1S/C17H19ClFNO.ClH/c1-2-9-20-11-14-10-15(18)7-8-17(14)21-12-13-5-3-4-6-16(13)19;/h3-8,10,20H,2,9,11-12H2,1H3;1H. The first-order valence-corrected chi connectivity index (χ1v) is 7.44. The van der Waals surface area contributed by atoms with Gasteiger partial charge in [0.25, 0.3) is 0 Å². The number of ether oxygens (including phenoxy) is 1. The molecular formula is C17H20Cl2FNO. The molecule has 0 saturated heterocycles. The minimum absolute atomic E-state index is 0. The van der Waals surface area contributed by atoms with E-state index in [0.29, 0.717) is 17.1 Å². The first-order chi connectivity index (χ1) is 10.2. The highest BCUT2D eigenvalue weighted by atomic mass is 35.5. The third-order valence-corrected chi connectivity index (χ3v) is 3.34. The van der Waals surface area contributed by atoms with Crippen LogP contribution in [0.15, 0.2) is 42.5 Å². The molecule has 0 bridgehead atoms. The van der Waals surface area contributed by atoms with Crippen LogP contribution in [-0.4, -0.2) is 6.54 Å². The van der Waals surface area contributed by atoms with Crippen LogP contribution in [-0.2, 0) is 13.2 Å². The summed E-state index contributed by atoms with van der Waals surface area (Å²) in [7, 11) is 0. The molecule has 0 atom stereocenters. The van der Waals surface area contributed by atoms with Gasteiger partial charge in [-0.3, -0.25) is 0 Å². The van der Waals surface area contributed by atoms with Crippen molar-refractivity contribution in [2.45, 2.75) is 26.5 Å². The maximum absolute atomic E-state index is 13.6. The quantitative estimate of drug-likeness (QED) is 0.716. The molecule has 0 aromatic heterocycles. The molecule has 0 aliphatic carbocycles. The number of nitrogens with one attached hydrogen (secondary N) is 1. The van der Waals surface area contributed by atoms with Gasteiger partial charge in [-0.1, -0.05) is 36.7 Å². The van der Waals surface area contributed by atoms with E-state index in [-0.39, 0.29) is 24.8 Å². The van der Waals surface area contributed by atoms with Gasteiger partial charge in [0, 0.05) is 22.7 Å². The van der Waals surface area contributed by atoms with Gasteiger partial charge in [0.15, 0.2) is 0 Å². The highest BCUT2D eigenvalue weighted by Crippen LogP contribution is 2.24. The first kappa shape index (κ1) is 18.8. The Kier molecular flexibility index (Phi) is 8.25. The molecule has 0 amide bonds. The molecule has 2 aromatic rings. The van der Waals surface area contributed by atoms with Gasteiger partial charge in [-0.15, -0.1) is 12.4 Å². The van der Waals surface area contributed by atoms with Gasteiger partial charge in [-0.25, -0.2) is 4.39 Å². The molecule has 0 heterocycles. The Balaban J connectivity index is 0.00000242. The normalized spacial score (nSPS) is 10.1. The Bertz CT molecular complexity index is 593. The fourth-order valence-corrected chi connectivity index (χ4v) is 2.19. The van der Waals surface area contributed by atoms with E-state index in [1.54, 1.807) is 24.3 Å². The lowest BCUT2D eigenvalue weighted by atomic mass is 10.2. The Morgan fingerprint density at radius 3 is 2.64 bits per heavy atom. The summed E-state index contributed by atoms with van der Waals surface area (Å²) < 4.78 is 19.3. The van der Waals surface area contributed by atoms with Crippen LogP contribution in [0.25, 0.3) is 0 Å². The van der Waals surface area contributed by atoms with Crippen molar-refractivity contribution in [3.8, 4) is 5.75 Å². The number of rotatable bonds is 7. The van der Waals surface area contributed by atoms with Crippen LogP contribution >= 0.6 is 24.0 Å². The average molecular weight is 344 g/mol. The summed E-state index contributed by atoms with van der Waals surface area (Å²) in [5, 5.41) is 3.98. The predicted octanol–water partition coefficient (Wildman–Crippen LogP) is 4.98. The van der Waals surface area contributed by atoms with Gasteiger partial charge in [0.05, 0.1) is 0 Å². The summed E-state index contributed by atoms with van der Waals surface area (Å²) in [5.41, 5.74) is 1.52. The minimum Gasteiger partial charge on any atom is -0.488 e. The summed E-state index contributed by atoms with van der Waals surface area (Å²) in [6, 6.07) is 12.1. The molecule has 0 saturated carbocycles. The highest BCUT2D eigenvalue weighted by Gasteiger charge is 2.07. The van der Waals surface area contributed by atoms with E-state index in [4.69, 9.17) is 16.3 Å². The first-order valence-electron chi connectivity index (χ1n) is 7.06. The van der Waals surface area contributed by atoms with Crippen molar-refractivity contribution in [2.24, 2.45) is 0 Å². The van der Waals surface area contributed by atoms with Crippen LogP contribution in [0, 0.1) is 5.82 Å². The zero-order valence-electron chi connectivity index (χ0n) is 12.4. The summed E-state index contributed by atoms with van der Waals surface area (Å²) in [5.74, 6) is 0.475. The van der Waals surface area contributed by atoms with Gasteiger partial charge in [-0.2, -0.15) is 0 Å². The Morgan fingerprint density at radius 1 is 1.14 bits per heavy atom. The lowest BCUT2D eigenvalue weighted by molar-refractivity contribution is 0.296. The highest BCUT2D eigenvalue weighted by molar-refractivity contribution is 6.30. The fourth-order valence-electron chi connectivity index (χ4n) is 2.00. The number of halogens is 3. The summed E-state index contributed by atoms with van der Waals surface area (Å²) in [4.78, 5) is 0. The largest absolute Gasteiger partial charge is 0.488 e. The van der Waals surface area contributed by atoms with Crippen molar-refractivity contribution in [3.05, 3.63) is 64.4 Å². The van der Waals surface area contributed by atoms with Crippen LogP contribution in [0.2, 0.25) is 5.02 Å². The molecule has 5 heteroatoms. The monoisotopic (exact) mass is 343 g/mol. The second-order valence-electron chi connectivity index (χ2n) is 4.81. The maximum Gasteiger partial charge on any atom is 0.129 e. The van der Waals surface area contributed by atoms with Crippen LogP contribution < -0.4 is 10.1 Å². The van der Waals surface area contributed by atoms with Crippen molar-refractivity contribution >= 4 is 24.0 Å². The zero-order chi connectivity index (χ0) is 15.1.